The molecule has 0 aliphatic heterocycles. The second kappa shape index (κ2) is 6.22. The first-order valence-electron chi connectivity index (χ1n) is 6.33. The summed E-state index contributed by atoms with van der Waals surface area (Å²) in [6.45, 7) is 3.96. The summed E-state index contributed by atoms with van der Waals surface area (Å²) in [4.78, 5) is 22.7. The predicted octanol–water partition coefficient (Wildman–Crippen LogP) is 2.09. The highest BCUT2D eigenvalue weighted by Crippen LogP contribution is 2.28. The van der Waals surface area contributed by atoms with E-state index in [0.717, 1.165) is 0 Å². The second-order valence-corrected chi connectivity index (χ2v) is 4.56. The lowest BCUT2D eigenvalue weighted by molar-refractivity contribution is -0.148. The average molecular weight is 264 g/mol. The van der Waals surface area contributed by atoms with Gasteiger partial charge in [0.05, 0.1) is 11.0 Å². The molecule has 0 aliphatic rings. The molecule has 0 aromatic heterocycles. The zero-order chi connectivity index (χ0) is 14.5. The Kier molecular flexibility index (Phi) is 4.92. The Bertz CT molecular complexity index is 468. The van der Waals surface area contributed by atoms with Gasteiger partial charge in [-0.1, -0.05) is 26.0 Å². The molecule has 0 heterocycles. The number of amides is 1. The number of carboxylic acid groups (broad SMARTS) is 1. The van der Waals surface area contributed by atoms with Gasteiger partial charge in [0, 0.05) is 12.2 Å². The number of benzene rings is 1. The fourth-order valence-electron chi connectivity index (χ4n) is 1.99. The molecule has 0 bridgehead atoms. The molecule has 19 heavy (non-hydrogen) atoms. The number of carboxylic acids is 1. The molecule has 4 N–H and O–H groups in total. The van der Waals surface area contributed by atoms with Gasteiger partial charge in [-0.05, 0) is 25.0 Å². The number of hydrogen-bond acceptors (Lipinski definition) is 3. The first kappa shape index (κ1) is 15.0. The molecule has 5 nitrogen and oxygen atoms in total. The zero-order valence-electron chi connectivity index (χ0n) is 11.3. The van der Waals surface area contributed by atoms with Gasteiger partial charge in [-0.2, -0.15) is 0 Å². The van der Waals surface area contributed by atoms with Gasteiger partial charge < -0.3 is 16.2 Å². The summed E-state index contributed by atoms with van der Waals surface area (Å²) in [7, 11) is 0. The first-order valence-corrected chi connectivity index (χ1v) is 6.33. The maximum absolute atomic E-state index is 11.4. The van der Waals surface area contributed by atoms with Gasteiger partial charge in [0.2, 0.25) is 0 Å². The van der Waals surface area contributed by atoms with Crippen molar-refractivity contribution in [3.63, 3.8) is 0 Å². The summed E-state index contributed by atoms with van der Waals surface area (Å²) in [5, 5.41) is 12.4. The summed E-state index contributed by atoms with van der Waals surface area (Å²) in [6, 6.07) is 6.83. The van der Waals surface area contributed by atoms with E-state index in [9.17, 15) is 14.7 Å². The van der Waals surface area contributed by atoms with Crippen LogP contribution in [0.15, 0.2) is 24.3 Å². The maximum Gasteiger partial charge on any atom is 0.311 e. The number of nitrogens with two attached hydrogens (primary N) is 1. The highest BCUT2D eigenvalue weighted by atomic mass is 16.4. The van der Waals surface area contributed by atoms with E-state index in [0.29, 0.717) is 24.1 Å². The third kappa shape index (κ3) is 3.24. The van der Waals surface area contributed by atoms with Crippen molar-refractivity contribution in [3.8, 4) is 0 Å². The predicted molar refractivity (Wildman–Crippen MR) is 74.1 cm³/mol. The Balaban J connectivity index is 2.92. The summed E-state index contributed by atoms with van der Waals surface area (Å²) in [5.74, 6) is -1.36. The number of aliphatic carboxylic acids is 1. The Labute approximate surface area is 112 Å². The number of anilines is 1. The Morgan fingerprint density at radius 3 is 2.32 bits per heavy atom. The number of primary amides is 1. The van der Waals surface area contributed by atoms with Crippen LogP contribution in [0, 0.1) is 5.41 Å². The van der Waals surface area contributed by atoms with Crippen molar-refractivity contribution in [1.29, 1.82) is 0 Å². The van der Waals surface area contributed by atoms with E-state index in [1.54, 1.807) is 24.3 Å². The van der Waals surface area contributed by atoms with Crippen LogP contribution in [0.3, 0.4) is 0 Å². The van der Waals surface area contributed by atoms with Crippen molar-refractivity contribution in [2.24, 2.45) is 11.1 Å². The number of carbonyl (C=O) groups is 2. The van der Waals surface area contributed by atoms with Crippen LogP contribution in [0.4, 0.5) is 5.69 Å². The summed E-state index contributed by atoms with van der Waals surface area (Å²) in [6.07, 6.45) is 1.04. The third-order valence-electron chi connectivity index (χ3n) is 3.62. The lowest BCUT2D eigenvalue weighted by Gasteiger charge is -2.27. The SMILES string of the molecule is CCC(CC)(CNc1ccccc1C(N)=O)C(=O)O. The molecule has 0 fully saturated rings. The summed E-state index contributed by atoms with van der Waals surface area (Å²) >= 11 is 0. The van der Waals surface area contributed by atoms with Crippen LogP contribution < -0.4 is 11.1 Å². The molecular formula is C14H20N2O3. The minimum Gasteiger partial charge on any atom is -0.481 e. The molecule has 0 saturated carbocycles. The molecule has 0 radical (unpaired) electrons. The van der Waals surface area contributed by atoms with Crippen molar-refractivity contribution in [2.45, 2.75) is 26.7 Å². The molecule has 1 rings (SSSR count). The molecule has 104 valence electrons. The Morgan fingerprint density at radius 2 is 1.84 bits per heavy atom. The molecule has 0 atom stereocenters. The lowest BCUT2D eigenvalue weighted by Crippen LogP contribution is -2.37. The number of para-hydroxylation sites is 1. The van der Waals surface area contributed by atoms with E-state index >= 15 is 0 Å². The monoisotopic (exact) mass is 264 g/mol. The fourth-order valence-corrected chi connectivity index (χ4v) is 1.99. The van der Waals surface area contributed by atoms with Crippen LogP contribution in [0.25, 0.3) is 0 Å². The minimum absolute atomic E-state index is 0.264. The average Bonchev–Trinajstić information content (AvgIpc) is 2.40. The summed E-state index contributed by atoms with van der Waals surface area (Å²) in [5.41, 5.74) is 5.40. The normalized spacial score (nSPS) is 11.1. The van der Waals surface area contributed by atoms with Crippen molar-refractivity contribution in [1.82, 2.24) is 0 Å². The topological polar surface area (TPSA) is 92.4 Å². The van der Waals surface area contributed by atoms with Crippen LogP contribution in [0.2, 0.25) is 0 Å². The first-order chi connectivity index (χ1) is 8.96. The van der Waals surface area contributed by atoms with E-state index in [2.05, 4.69) is 5.32 Å². The molecule has 1 aromatic carbocycles. The standard InChI is InChI=1S/C14H20N2O3/c1-3-14(4-2,13(18)19)9-16-11-8-6-5-7-10(11)12(15)17/h5-8,16H,3-4,9H2,1-2H3,(H2,15,17)(H,18,19). The number of hydrogen-bond donors (Lipinski definition) is 3. The van der Waals surface area contributed by atoms with Crippen LogP contribution in [0.1, 0.15) is 37.0 Å². The zero-order valence-corrected chi connectivity index (χ0v) is 11.3. The molecule has 0 spiro atoms. The van der Waals surface area contributed by atoms with Gasteiger partial charge in [-0.25, -0.2) is 0 Å². The number of nitrogens with one attached hydrogen (secondary N) is 1. The lowest BCUT2D eigenvalue weighted by atomic mass is 9.82. The number of rotatable bonds is 7. The largest absolute Gasteiger partial charge is 0.481 e. The van der Waals surface area contributed by atoms with E-state index < -0.39 is 17.3 Å². The number of carbonyl (C=O) groups excluding carboxylic acids is 1. The van der Waals surface area contributed by atoms with Crippen LogP contribution in [-0.4, -0.2) is 23.5 Å². The highest BCUT2D eigenvalue weighted by molar-refractivity contribution is 5.98. The van der Waals surface area contributed by atoms with E-state index in [1.807, 2.05) is 13.8 Å². The molecule has 0 saturated heterocycles. The molecule has 0 aliphatic carbocycles. The van der Waals surface area contributed by atoms with Gasteiger partial charge in [-0.3, -0.25) is 9.59 Å². The summed E-state index contributed by atoms with van der Waals surface area (Å²) < 4.78 is 0. The fraction of sp³-hybridized carbons (Fsp3) is 0.429. The maximum atomic E-state index is 11.4. The van der Waals surface area contributed by atoms with E-state index in [-0.39, 0.29) is 6.54 Å². The molecular weight excluding hydrogens is 244 g/mol. The highest BCUT2D eigenvalue weighted by Gasteiger charge is 2.34. The molecule has 1 amide bonds. The van der Waals surface area contributed by atoms with Gasteiger partial charge in [0.15, 0.2) is 0 Å². The van der Waals surface area contributed by atoms with Crippen molar-refractivity contribution in [3.05, 3.63) is 29.8 Å². The van der Waals surface area contributed by atoms with Gasteiger partial charge >= 0.3 is 5.97 Å². The van der Waals surface area contributed by atoms with Crippen LogP contribution in [-0.2, 0) is 4.79 Å². The Morgan fingerprint density at radius 1 is 1.26 bits per heavy atom. The van der Waals surface area contributed by atoms with Gasteiger partial charge in [0.1, 0.15) is 0 Å². The van der Waals surface area contributed by atoms with Gasteiger partial charge in [0.25, 0.3) is 5.91 Å². The van der Waals surface area contributed by atoms with Gasteiger partial charge in [-0.15, -0.1) is 0 Å². The van der Waals surface area contributed by atoms with E-state index in [4.69, 9.17) is 5.73 Å². The van der Waals surface area contributed by atoms with E-state index in [1.165, 1.54) is 0 Å². The molecule has 1 aromatic rings. The Hall–Kier alpha value is -2.04. The van der Waals surface area contributed by atoms with Crippen molar-refractivity contribution >= 4 is 17.6 Å². The van der Waals surface area contributed by atoms with Crippen molar-refractivity contribution in [2.75, 3.05) is 11.9 Å². The smallest absolute Gasteiger partial charge is 0.311 e. The second-order valence-electron chi connectivity index (χ2n) is 4.56. The minimum atomic E-state index is -0.832. The van der Waals surface area contributed by atoms with Crippen molar-refractivity contribution < 1.29 is 14.7 Å². The quantitative estimate of drug-likeness (QED) is 0.703. The molecule has 0 unspecified atom stereocenters. The molecule has 5 heteroatoms. The van der Waals surface area contributed by atoms with Crippen LogP contribution in [0.5, 0.6) is 0 Å². The third-order valence-corrected chi connectivity index (χ3v) is 3.62. The van der Waals surface area contributed by atoms with Crippen LogP contribution >= 0.6 is 0 Å².